The van der Waals surface area contributed by atoms with Crippen molar-refractivity contribution in [2.45, 2.75) is 39.7 Å². The number of hydrogen-bond acceptors (Lipinski definition) is 8. The molecule has 1 unspecified atom stereocenters. The summed E-state index contributed by atoms with van der Waals surface area (Å²) >= 11 is 1.29. The average molecular weight is 524 g/mol. The van der Waals surface area contributed by atoms with Crippen molar-refractivity contribution in [3.05, 3.63) is 74.3 Å². The largest absolute Gasteiger partial charge is 0.493 e. The van der Waals surface area contributed by atoms with Gasteiger partial charge in [-0.3, -0.25) is 14.5 Å². The molecule has 1 aliphatic heterocycles. The number of ether oxygens (including phenoxy) is 2. The van der Waals surface area contributed by atoms with Gasteiger partial charge in [0, 0.05) is 6.42 Å². The molecule has 0 aliphatic carbocycles. The third kappa shape index (κ3) is 4.46. The van der Waals surface area contributed by atoms with E-state index < -0.39 is 23.2 Å². The molecular weight excluding hydrogens is 497 g/mol. The van der Waals surface area contributed by atoms with Crippen LogP contribution in [-0.2, 0) is 6.42 Å². The average Bonchev–Trinajstić information content (AvgIpc) is 3.45. The molecule has 0 spiro atoms. The summed E-state index contributed by atoms with van der Waals surface area (Å²) in [6.07, 6.45) is 1.59. The van der Waals surface area contributed by atoms with Gasteiger partial charge in [-0.05, 0) is 48.2 Å². The number of amides is 1. The summed E-state index contributed by atoms with van der Waals surface area (Å²) in [7, 11) is 1.53. The third-order valence-electron chi connectivity index (χ3n) is 6.03. The normalized spacial score (nSPS) is 15.0. The Morgan fingerprint density at radius 3 is 2.68 bits per heavy atom. The molecule has 1 atom stereocenters. The number of anilines is 1. The second-order valence-corrected chi connectivity index (χ2v) is 10.3. The summed E-state index contributed by atoms with van der Waals surface area (Å²) in [5.74, 6) is 0.136. The van der Waals surface area contributed by atoms with Crippen LogP contribution in [0.25, 0.3) is 11.0 Å². The van der Waals surface area contributed by atoms with Crippen LogP contribution in [0.1, 0.15) is 59.9 Å². The highest BCUT2D eigenvalue weighted by Crippen LogP contribution is 2.44. The molecule has 5 rings (SSSR count). The lowest BCUT2D eigenvalue weighted by Crippen LogP contribution is -2.29. The number of methoxy groups -OCH3 is 1. The number of carbonyl (C=O) groups is 1. The van der Waals surface area contributed by atoms with Crippen molar-refractivity contribution in [1.29, 1.82) is 0 Å². The fraction of sp³-hybridized carbons (Fsp3) is 0.333. The van der Waals surface area contributed by atoms with E-state index in [9.17, 15) is 14.0 Å². The van der Waals surface area contributed by atoms with E-state index in [-0.39, 0.29) is 22.3 Å². The number of aromatic nitrogens is 2. The van der Waals surface area contributed by atoms with Gasteiger partial charge in [0.25, 0.3) is 5.91 Å². The molecule has 1 amide bonds. The maximum Gasteiger partial charge on any atom is 0.297 e. The number of nitrogens with zero attached hydrogens (tertiary/aromatic N) is 3. The molecule has 8 nitrogen and oxygen atoms in total. The number of fused-ring (bicyclic) bond motifs is 2. The minimum absolute atomic E-state index is 0.0613. The molecule has 0 fully saturated rings. The predicted molar refractivity (Wildman–Crippen MR) is 138 cm³/mol. The summed E-state index contributed by atoms with van der Waals surface area (Å²) in [6, 6.07) is 8.06. The second-order valence-electron chi connectivity index (χ2n) is 9.24. The smallest absolute Gasteiger partial charge is 0.297 e. The van der Waals surface area contributed by atoms with Crippen LogP contribution in [-0.4, -0.2) is 29.8 Å². The van der Waals surface area contributed by atoms with E-state index in [0.29, 0.717) is 41.1 Å². The van der Waals surface area contributed by atoms with Gasteiger partial charge in [0.2, 0.25) is 10.9 Å². The lowest BCUT2D eigenvalue weighted by atomic mass is 9.98. The van der Waals surface area contributed by atoms with Gasteiger partial charge in [0.1, 0.15) is 16.4 Å². The standard InChI is InChI=1S/C27H26FN3O5S/c1-5-6-21-29-30-27(37-21)31-23(15-7-9-19(20(11-15)34-4)35-13-14(2)3)22-24(32)17-12-16(28)8-10-18(17)36-25(22)26(31)33/h7-12,14,23H,5-6,13H2,1-4H3. The number of benzene rings is 2. The quantitative estimate of drug-likeness (QED) is 0.300. The number of halogens is 1. The molecule has 1 aliphatic rings. The Balaban J connectivity index is 1.70. The molecule has 0 saturated heterocycles. The Bertz CT molecular complexity index is 1550. The fourth-order valence-corrected chi connectivity index (χ4v) is 5.31. The number of hydrogen-bond donors (Lipinski definition) is 0. The minimum Gasteiger partial charge on any atom is -0.493 e. The number of aryl methyl sites for hydroxylation is 1. The van der Waals surface area contributed by atoms with E-state index >= 15 is 0 Å². The van der Waals surface area contributed by atoms with Gasteiger partial charge in [0.15, 0.2) is 16.9 Å². The van der Waals surface area contributed by atoms with Crippen LogP contribution in [0.15, 0.2) is 45.6 Å². The van der Waals surface area contributed by atoms with Crippen molar-refractivity contribution in [2.75, 3.05) is 18.6 Å². The lowest BCUT2D eigenvalue weighted by molar-refractivity contribution is 0.0970. The van der Waals surface area contributed by atoms with E-state index in [0.717, 1.165) is 17.5 Å². The van der Waals surface area contributed by atoms with Crippen LogP contribution in [0.2, 0.25) is 0 Å². The fourth-order valence-electron chi connectivity index (χ4n) is 4.34. The Kier molecular flexibility index (Phi) is 6.68. The zero-order chi connectivity index (χ0) is 26.3. The molecule has 2 aromatic carbocycles. The first-order chi connectivity index (χ1) is 17.8. The summed E-state index contributed by atoms with van der Waals surface area (Å²) in [4.78, 5) is 28.8. The molecule has 37 heavy (non-hydrogen) atoms. The summed E-state index contributed by atoms with van der Waals surface area (Å²) < 4.78 is 31.4. The topological polar surface area (TPSA) is 94.8 Å². The summed E-state index contributed by atoms with van der Waals surface area (Å²) in [6.45, 7) is 6.62. The minimum atomic E-state index is -0.873. The van der Waals surface area contributed by atoms with Gasteiger partial charge >= 0.3 is 0 Å². The molecule has 4 aromatic rings. The first-order valence-corrected chi connectivity index (χ1v) is 12.9. The van der Waals surface area contributed by atoms with E-state index in [2.05, 4.69) is 10.2 Å². The summed E-state index contributed by atoms with van der Waals surface area (Å²) in [5, 5.41) is 9.67. The van der Waals surface area contributed by atoms with Crippen molar-refractivity contribution in [3.63, 3.8) is 0 Å². The SMILES string of the molecule is CCCc1nnc(N2C(=O)c3oc4ccc(F)cc4c(=O)c3C2c2ccc(OCC(C)C)c(OC)c2)s1. The Labute approximate surface area is 216 Å². The Morgan fingerprint density at radius 1 is 1.14 bits per heavy atom. The first-order valence-electron chi connectivity index (χ1n) is 12.0. The van der Waals surface area contributed by atoms with Crippen molar-refractivity contribution in [2.24, 2.45) is 5.92 Å². The number of carbonyl (C=O) groups excluding carboxylic acids is 1. The molecular formula is C27H26FN3O5S. The zero-order valence-electron chi connectivity index (χ0n) is 20.9. The van der Waals surface area contributed by atoms with Crippen molar-refractivity contribution in [3.8, 4) is 11.5 Å². The maximum absolute atomic E-state index is 14.0. The van der Waals surface area contributed by atoms with Gasteiger partial charge in [-0.15, -0.1) is 10.2 Å². The summed E-state index contributed by atoms with van der Waals surface area (Å²) in [5.41, 5.74) is 0.372. The van der Waals surface area contributed by atoms with Crippen molar-refractivity contribution < 1.29 is 23.1 Å². The van der Waals surface area contributed by atoms with Gasteiger partial charge in [-0.2, -0.15) is 0 Å². The van der Waals surface area contributed by atoms with Crippen LogP contribution >= 0.6 is 11.3 Å². The molecule has 3 heterocycles. The third-order valence-corrected chi connectivity index (χ3v) is 7.02. The zero-order valence-corrected chi connectivity index (χ0v) is 21.7. The highest BCUT2D eigenvalue weighted by molar-refractivity contribution is 7.15. The molecule has 0 N–H and O–H groups in total. The van der Waals surface area contributed by atoms with Crippen LogP contribution in [0, 0.1) is 11.7 Å². The van der Waals surface area contributed by atoms with Crippen LogP contribution in [0.3, 0.4) is 0 Å². The van der Waals surface area contributed by atoms with Gasteiger partial charge in [0.05, 0.1) is 30.7 Å². The number of rotatable bonds is 8. The van der Waals surface area contributed by atoms with Crippen LogP contribution in [0.4, 0.5) is 9.52 Å². The van der Waals surface area contributed by atoms with E-state index in [1.54, 1.807) is 18.2 Å². The molecule has 0 bridgehead atoms. The van der Waals surface area contributed by atoms with Gasteiger partial charge < -0.3 is 13.9 Å². The highest BCUT2D eigenvalue weighted by atomic mass is 32.1. The molecule has 0 radical (unpaired) electrons. The second kappa shape index (κ2) is 9.93. The highest BCUT2D eigenvalue weighted by Gasteiger charge is 2.45. The predicted octanol–water partition coefficient (Wildman–Crippen LogP) is 5.53. The Morgan fingerprint density at radius 2 is 1.95 bits per heavy atom. The molecule has 192 valence electrons. The van der Waals surface area contributed by atoms with Crippen molar-refractivity contribution >= 4 is 33.3 Å². The van der Waals surface area contributed by atoms with Crippen molar-refractivity contribution in [1.82, 2.24) is 10.2 Å². The van der Waals surface area contributed by atoms with Crippen LogP contribution < -0.4 is 19.8 Å². The van der Waals surface area contributed by atoms with Gasteiger partial charge in [-0.25, -0.2) is 4.39 Å². The Hall–Kier alpha value is -3.79. The molecule has 10 heteroatoms. The monoisotopic (exact) mass is 523 g/mol. The maximum atomic E-state index is 14.0. The molecule has 2 aromatic heterocycles. The van der Waals surface area contributed by atoms with E-state index in [1.165, 1.54) is 35.5 Å². The van der Waals surface area contributed by atoms with E-state index in [4.69, 9.17) is 13.9 Å². The van der Waals surface area contributed by atoms with Gasteiger partial charge in [-0.1, -0.05) is 38.2 Å². The van der Waals surface area contributed by atoms with E-state index in [1.807, 2.05) is 20.8 Å². The first kappa shape index (κ1) is 24.9. The molecule has 0 saturated carbocycles. The van der Waals surface area contributed by atoms with Crippen LogP contribution in [0.5, 0.6) is 11.5 Å². The lowest BCUT2D eigenvalue weighted by Gasteiger charge is -2.23.